The maximum absolute atomic E-state index is 12.2. The molecule has 0 bridgehead atoms. The van der Waals surface area contributed by atoms with Crippen molar-refractivity contribution in [2.24, 2.45) is 10.2 Å². The number of amides is 2. The van der Waals surface area contributed by atoms with Gasteiger partial charge in [0.1, 0.15) is 5.25 Å². The fourth-order valence-electron chi connectivity index (χ4n) is 2.52. The maximum atomic E-state index is 12.2. The first-order valence-electron chi connectivity index (χ1n) is 8.71. The summed E-state index contributed by atoms with van der Waals surface area (Å²) in [6, 6.07) is 15.3. The highest BCUT2D eigenvalue weighted by Gasteiger charge is 2.32. The number of hydrogen-bond donors (Lipinski definition) is 3. The van der Waals surface area contributed by atoms with Gasteiger partial charge < -0.3 is 15.7 Å². The van der Waals surface area contributed by atoms with Crippen LogP contribution in [0.3, 0.4) is 0 Å². The SMILES string of the molecule is C/C(=N/N=C1\NC(=O)[C@@H](CC(=O)Nc2ccc(C(=O)O)cc2)S1)c1ccccc1. The predicted molar refractivity (Wildman–Crippen MR) is 112 cm³/mol. The maximum Gasteiger partial charge on any atom is 0.335 e. The van der Waals surface area contributed by atoms with Gasteiger partial charge in [-0.3, -0.25) is 9.59 Å². The van der Waals surface area contributed by atoms with Gasteiger partial charge in [-0.2, -0.15) is 5.10 Å². The molecule has 1 fully saturated rings. The van der Waals surface area contributed by atoms with Crippen molar-refractivity contribution in [1.82, 2.24) is 5.32 Å². The fourth-order valence-corrected chi connectivity index (χ4v) is 3.44. The molecule has 0 aromatic heterocycles. The topological polar surface area (TPSA) is 120 Å². The first kappa shape index (κ1) is 20.3. The summed E-state index contributed by atoms with van der Waals surface area (Å²) in [7, 11) is 0. The lowest BCUT2D eigenvalue weighted by molar-refractivity contribution is -0.122. The molecular weight excluding hydrogens is 392 g/mol. The van der Waals surface area contributed by atoms with E-state index >= 15 is 0 Å². The molecule has 0 unspecified atom stereocenters. The minimum absolute atomic E-state index is 0.0441. The molecule has 1 atom stereocenters. The van der Waals surface area contributed by atoms with E-state index in [9.17, 15) is 14.4 Å². The van der Waals surface area contributed by atoms with Crippen molar-refractivity contribution in [3.63, 3.8) is 0 Å². The Hall–Kier alpha value is -3.46. The average Bonchev–Trinajstić information content (AvgIpc) is 3.06. The molecule has 2 aromatic carbocycles. The second-order valence-electron chi connectivity index (χ2n) is 6.19. The lowest BCUT2D eigenvalue weighted by Gasteiger charge is -2.07. The standard InChI is InChI=1S/C20H18N4O4S/c1-12(13-5-3-2-4-6-13)23-24-20-22-18(26)16(29-20)11-17(25)21-15-9-7-14(8-10-15)19(27)28/h2-10,16H,11H2,1H3,(H,21,25)(H,27,28)(H,22,24,26)/b23-12-/t16-/m1/s1. The van der Waals surface area contributed by atoms with Crippen molar-refractivity contribution in [3.8, 4) is 0 Å². The largest absolute Gasteiger partial charge is 0.478 e. The monoisotopic (exact) mass is 410 g/mol. The smallest absolute Gasteiger partial charge is 0.335 e. The molecule has 2 amide bonds. The van der Waals surface area contributed by atoms with Crippen LogP contribution in [0.4, 0.5) is 5.69 Å². The molecule has 1 heterocycles. The Morgan fingerprint density at radius 1 is 1.10 bits per heavy atom. The Kier molecular flexibility index (Phi) is 6.40. The molecule has 148 valence electrons. The third-order valence-corrected chi connectivity index (χ3v) is 5.12. The van der Waals surface area contributed by atoms with Gasteiger partial charge in [-0.1, -0.05) is 42.1 Å². The number of hydrogen-bond acceptors (Lipinski definition) is 6. The van der Waals surface area contributed by atoms with Crippen molar-refractivity contribution in [2.75, 3.05) is 5.32 Å². The minimum atomic E-state index is -1.04. The Bertz CT molecular complexity index is 987. The van der Waals surface area contributed by atoms with Crippen molar-refractivity contribution in [2.45, 2.75) is 18.6 Å². The second-order valence-corrected chi connectivity index (χ2v) is 7.38. The highest BCUT2D eigenvalue weighted by atomic mass is 32.2. The highest BCUT2D eigenvalue weighted by Crippen LogP contribution is 2.23. The molecule has 2 aromatic rings. The number of carboxylic acids is 1. The van der Waals surface area contributed by atoms with Gasteiger partial charge in [-0.15, -0.1) is 5.10 Å². The van der Waals surface area contributed by atoms with Crippen LogP contribution in [0.25, 0.3) is 0 Å². The molecule has 29 heavy (non-hydrogen) atoms. The fraction of sp³-hybridized carbons (Fsp3) is 0.150. The first-order valence-corrected chi connectivity index (χ1v) is 9.59. The molecule has 0 aliphatic carbocycles. The number of rotatable bonds is 6. The van der Waals surface area contributed by atoms with Gasteiger partial charge in [-0.25, -0.2) is 4.79 Å². The van der Waals surface area contributed by atoms with E-state index in [0.717, 1.165) is 17.3 Å². The molecule has 1 saturated heterocycles. The number of amidine groups is 1. The number of carbonyl (C=O) groups excluding carboxylic acids is 2. The van der Waals surface area contributed by atoms with Crippen molar-refractivity contribution in [1.29, 1.82) is 0 Å². The summed E-state index contributed by atoms with van der Waals surface area (Å²) < 4.78 is 0. The van der Waals surface area contributed by atoms with Crippen LogP contribution in [-0.2, 0) is 9.59 Å². The number of aromatic carboxylic acids is 1. The normalized spacial score (nSPS) is 17.8. The molecule has 8 nitrogen and oxygen atoms in total. The first-order chi connectivity index (χ1) is 13.9. The number of nitrogens with one attached hydrogen (secondary N) is 2. The van der Waals surface area contributed by atoms with Crippen molar-refractivity contribution >= 4 is 46.1 Å². The lowest BCUT2D eigenvalue weighted by Crippen LogP contribution is -2.28. The molecule has 3 rings (SSSR count). The van der Waals surface area contributed by atoms with E-state index in [1.165, 1.54) is 24.3 Å². The number of benzene rings is 2. The van der Waals surface area contributed by atoms with E-state index in [4.69, 9.17) is 5.11 Å². The minimum Gasteiger partial charge on any atom is -0.478 e. The van der Waals surface area contributed by atoms with Crippen LogP contribution in [0.1, 0.15) is 29.3 Å². The summed E-state index contributed by atoms with van der Waals surface area (Å²) in [6.45, 7) is 1.82. The van der Waals surface area contributed by atoms with Gasteiger partial charge in [0.25, 0.3) is 0 Å². The molecule has 1 aliphatic rings. The van der Waals surface area contributed by atoms with Crippen LogP contribution in [-0.4, -0.2) is 39.0 Å². The molecule has 0 radical (unpaired) electrons. The second kappa shape index (κ2) is 9.16. The zero-order valence-electron chi connectivity index (χ0n) is 15.5. The summed E-state index contributed by atoms with van der Waals surface area (Å²) in [5.41, 5.74) is 2.22. The summed E-state index contributed by atoms with van der Waals surface area (Å²) in [6.07, 6.45) is -0.0441. The van der Waals surface area contributed by atoms with Crippen LogP contribution in [0.5, 0.6) is 0 Å². The summed E-state index contributed by atoms with van der Waals surface area (Å²) >= 11 is 1.14. The van der Waals surface area contributed by atoms with Gasteiger partial charge >= 0.3 is 5.97 Å². The molecule has 0 spiro atoms. The van der Waals surface area contributed by atoms with E-state index in [-0.39, 0.29) is 23.8 Å². The zero-order chi connectivity index (χ0) is 20.8. The van der Waals surface area contributed by atoms with Gasteiger partial charge in [0, 0.05) is 12.1 Å². The summed E-state index contributed by atoms with van der Waals surface area (Å²) in [5, 5.41) is 22.1. The van der Waals surface area contributed by atoms with Gasteiger partial charge in [-0.05, 0) is 36.8 Å². The molecule has 1 aliphatic heterocycles. The number of nitrogens with zero attached hydrogens (tertiary/aromatic N) is 2. The number of anilines is 1. The quantitative estimate of drug-likeness (QED) is 0.500. The summed E-state index contributed by atoms with van der Waals surface area (Å²) in [4.78, 5) is 35.2. The average molecular weight is 410 g/mol. The van der Waals surface area contributed by atoms with E-state index < -0.39 is 11.2 Å². The van der Waals surface area contributed by atoms with Crippen LogP contribution in [0.2, 0.25) is 0 Å². The van der Waals surface area contributed by atoms with Gasteiger partial charge in [0.2, 0.25) is 11.8 Å². The highest BCUT2D eigenvalue weighted by molar-refractivity contribution is 8.15. The van der Waals surface area contributed by atoms with Crippen LogP contribution < -0.4 is 10.6 Å². The van der Waals surface area contributed by atoms with Gasteiger partial charge in [0.15, 0.2) is 5.17 Å². The van der Waals surface area contributed by atoms with Crippen LogP contribution in [0.15, 0.2) is 64.8 Å². The molecular formula is C20H18N4O4S. The van der Waals surface area contributed by atoms with Crippen molar-refractivity contribution in [3.05, 3.63) is 65.7 Å². The number of thioether (sulfide) groups is 1. The van der Waals surface area contributed by atoms with E-state index in [2.05, 4.69) is 20.8 Å². The lowest BCUT2D eigenvalue weighted by atomic mass is 10.1. The Morgan fingerprint density at radius 3 is 2.45 bits per heavy atom. The zero-order valence-corrected chi connectivity index (χ0v) is 16.3. The van der Waals surface area contributed by atoms with E-state index in [1.807, 2.05) is 37.3 Å². The van der Waals surface area contributed by atoms with Crippen LogP contribution >= 0.6 is 11.8 Å². The molecule has 3 N–H and O–H groups in total. The van der Waals surface area contributed by atoms with Crippen LogP contribution in [0, 0.1) is 0 Å². The number of carbonyl (C=O) groups is 3. The molecule has 9 heteroatoms. The Labute approximate surface area is 171 Å². The third kappa shape index (κ3) is 5.52. The van der Waals surface area contributed by atoms with E-state index in [0.29, 0.717) is 16.6 Å². The predicted octanol–water partition coefficient (Wildman–Crippen LogP) is 2.73. The molecule has 0 saturated carbocycles. The number of carboxylic acid groups (broad SMARTS) is 1. The van der Waals surface area contributed by atoms with Gasteiger partial charge in [0.05, 0.1) is 11.3 Å². The summed E-state index contributed by atoms with van der Waals surface area (Å²) in [5.74, 6) is -1.71. The van der Waals surface area contributed by atoms with E-state index in [1.54, 1.807) is 0 Å². The van der Waals surface area contributed by atoms with Crippen molar-refractivity contribution < 1.29 is 19.5 Å². The Morgan fingerprint density at radius 2 is 1.79 bits per heavy atom. The Balaban J connectivity index is 1.57. The third-order valence-electron chi connectivity index (χ3n) is 4.05.